The van der Waals surface area contributed by atoms with E-state index >= 15 is 0 Å². The summed E-state index contributed by atoms with van der Waals surface area (Å²) < 4.78 is 5.51. The number of nitrogens with two attached hydrogens (primary N) is 1. The molecule has 1 heterocycles. The molecule has 19 heavy (non-hydrogen) atoms. The van der Waals surface area contributed by atoms with Gasteiger partial charge in [0.25, 0.3) is 0 Å². The molecule has 2 aliphatic rings. The third-order valence-corrected chi connectivity index (χ3v) is 4.34. The minimum absolute atomic E-state index is 0.0312. The Morgan fingerprint density at radius 3 is 2.53 bits per heavy atom. The number of likely N-dealkylation sites (tertiary alicyclic amines) is 1. The van der Waals surface area contributed by atoms with Crippen LogP contribution >= 0.6 is 0 Å². The summed E-state index contributed by atoms with van der Waals surface area (Å²) in [6.45, 7) is 1.98. The Labute approximate surface area is 115 Å². The van der Waals surface area contributed by atoms with Crippen molar-refractivity contribution in [3.05, 3.63) is 0 Å². The lowest BCUT2D eigenvalue weighted by atomic mass is 9.84. The van der Waals surface area contributed by atoms with E-state index < -0.39 is 0 Å². The van der Waals surface area contributed by atoms with Gasteiger partial charge in [0.15, 0.2) is 0 Å². The fraction of sp³-hybridized carbons (Fsp3) is 0.929. The highest BCUT2D eigenvalue weighted by Gasteiger charge is 2.33. The first-order valence-electron chi connectivity index (χ1n) is 7.49. The Bertz CT molecular complexity index is 290. The molecule has 1 saturated heterocycles. The van der Waals surface area contributed by atoms with Crippen LogP contribution < -0.4 is 5.73 Å². The summed E-state index contributed by atoms with van der Waals surface area (Å²) in [5, 5.41) is 8.73. The van der Waals surface area contributed by atoms with Crippen LogP contribution in [0.1, 0.15) is 38.5 Å². The molecule has 2 unspecified atom stereocenters. The molecule has 3 N–H and O–H groups in total. The van der Waals surface area contributed by atoms with Crippen LogP contribution in [0.2, 0.25) is 0 Å². The number of aliphatic hydroxyl groups excluding tert-OH is 1. The van der Waals surface area contributed by atoms with Gasteiger partial charge >= 0.3 is 0 Å². The van der Waals surface area contributed by atoms with Gasteiger partial charge in [-0.05, 0) is 25.7 Å². The van der Waals surface area contributed by atoms with Crippen LogP contribution in [0, 0.1) is 5.92 Å². The Morgan fingerprint density at radius 1 is 1.21 bits per heavy atom. The second kappa shape index (κ2) is 7.22. The normalized spacial score (nSPS) is 29.5. The zero-order valence-corrected chi connectivity index (χ0v) is 11.6. The Morgan fingerprint density at radius 2 is 1.89 bits per heavy atom. The predicted molar refractivity (Wildman–Crippen MR) is 72.6 cm³/mol. The number of hydrogen-bond donors (Lipinski definition) is 2. The van der Waals surface area contributed by atoms with Crippen molar-refractivity contribution in [3.63, 3.8) is 0 Å². The quantitative estimate of drug-likeness (QED) is 0.780. The first kappa shape index (κ1) is 14.8. The van der Waals surface area contributed by atoms with Crippen molar-refractivity contribution in [1.29, 1.82) is 0 Å². The van der Waals surface area contributed by atoms with E-state index in [9.17, 15) is 4.79 Å². The van der Waals surface area contributed by atoms with Gasteiger partial charge in [0.1, 0.15) is 0 Å². The summed E-state index contributed by atoms with van der Waals surface area (Å²) in [5.74, 6) is 0.275. The number of ether oxygens (including phenoxy) is 1. The van der Waals surface area contributed by atoms with E-state index in [4.69, 9.17) is 15.6 Å². The van der Waals surface area contributed by atoms with Crippen molar-refractivity contribution >= 4 is 5.91 Å². The van der Waals surface area contributed by atoms with Crippen LogP contribution in [-0.2, 0) is 9.53 Å². The standard InChI is InChI=1S/C14H26N2O3/c15-13-4-2-1-3-12(13)14(18)16-7-5-11(6-8-16)19-10-9-17/h11-13,17H,1-10,15H2. The molecule has 0 aromatic carbocycles. The number of nitrogens with zero attached hydrogens (tertiary/aromatic N) is 1. The number of rotatable bonds is 4. The van der Waals surface area contributed by atoms with Gasteiger partial charge in [-0.15, -0.1) is 0 Å². The monoisotopic (exact) mass is 270 g/mol. The Kier molecular flexibility index (Phi) is 5.60. The van der Waals surface area contributed by atoms with Gasteiger partial charge in [0, 0.05) is 19.1 Å². The van der Waals surface area contributed by atoms with Crippen LogP contribution in [0.5, 0.6) is 0 Å². The van der Waals surface area contributed by atoms with Crippen molar-refractivity contribution in [2.75, 3.05) is 26.3 Å². The van der Waals surface area contributed by atoms with E-state index in [-0.39, 0.29) is 30.6 Å². The minimum Gasteiger partial charge on any atom is -0.394 e. The van der Waals surface area contributed by atoms with Crippen molar-refractivity contribution in [1.82, 2.24) is 4.90 Å². The Balaban J connectivity index is 1.78. The lowest BCUT2D eigenvalue weighted by Crippen LogP contribution is -2.49. The zero-order valence-electron chi connectivity index (χ0n) is 11.6. The summed E-state index contributed by atoms with van der Waals surface area (Å²) >= 11 is 0. The highest BCUT2D eigenvalue weighted by atomic mass is 16.5. The molecule has 1 amide bonds. The number of carbonyl (C=O) groups is 1. The maximum atomic E-state index is 12.4. The van der Waals surface area contributed by atoms with Crippen LogP contribution in [0.15, 0.2) is 0 Å². The molecule has 0 aromatic rings. The maximum Gasteiger partial charge on any atom is 0.227 e. The third-order valence-electron chi connectivity index (χ3n) is 4.34. The second-order valence-corrected chi connectivity index (χ2v) is 5.67. The molecule has 0 spiro atoms. The average molecular weight is 270 g/mol. The Hall–Kier alpha value is -0.650. The van der Waals surface area contributed by atoms with Gasteiger partial charge < -0.3 is 20.5 Å². The van der Waals surface area contributed by atoms with Gasteiger partial charge in [0.05, 0.1) is 25.2 Å². The summed E-state index contributed by atoms with van der Waals surface area (Å²) in [6, 6.07) is 0.0459. The molecule has 1 saturated carbocycles. The van der Waals surface area contributed by atoms with Crippen LogP contribution in [-0.4, -0.2) is 54.4 Å². The van der Waals surface area contributed by atoms with E-state index in [0.717, 1.165) is 51.6 Å². The molecule has 110 valence electrons. The van der Waals surface area contributed by atoms with Gasteiger partial charge in [-0.1, -0.05) is 12.8 Å². The molecular weight excluding hydrogens is 244 g/mol. The predicted octanol–water partition coefficient (Wildman–Crippen LogP) is 0.504. The van der Waals surface area contributed by atoms with Gasteiger partial charge in [-0.25, -0.2) is 0 Å². The summed E-state index contributed by atoms with van der Waals surface area (Å²) in [7, 11) is 0. The van der Waals surface area contributed by atoms with Crippen molar-refractivity contribution in [3.8, 4) is 0 Å². The molecule has 0 bridgehead atoms. The lowest BCUT2D eigenvalue weighted by molar-refractivity contribution is -0.139. The summed E-state index contributed by atoms with van der Waals surface area (Å²) in [6.07, 6.45) is 6.13. The molecule has 2 fully saturated rings. The fourth-order valence-corrected chi connectivity index (χ4v) is 3.16. The topological polar surface area (TPSA) is 75.8 Å². The van der Waals surface area contributed by atoms with Crippen LogP contribution in [0.4, 0.5) is 0 Å². The number of piperidine rings is 1. The first-order valence-corrected chi connectivity index (χ1v) is 7.49. The first-order chi connectivity index (χ1) is 9.22. The number of aliphatic hydroxyl groups is 1. The summed E-state index contributed by atoms with van der Waals surface area (Å²) in [5.41, 5.74) is 6.08. The third kappa shape index (κ3) is 3.91. The number of hydrogen-bond acceptors (Lipinski definition) is 4. The van der Waals surface area contributed by atoms with E-state index in [2.05, 4.69) is 0 Å². The molecule has 5 heteroatoms. The van der Waals surface area contributed by atoms with Gasteiger partial charge in [-0.3, -0.25) is 4.79 Å². The van der Waals surface area contributed by atoms with Gasteiger partial charge in [0.2, 0.25) is 5.91 Å². The smallest absolute Gasteiger partial charge is 0.227 e. The molecule has 2 rings (SSSR count). The molecule has 1 aliphatic heterocycles. The zero-order chi connectivity index (χ0) is 13.7. The lowest BCUT2D eigenvalue weighted by Gasteiger charge is -2.37. The second-order valence-electron chi connectivity index (χ2n) is 5.67. The molecule has 1 aliphatic carbocycles. The highest BCUT2D eigenvalue weighted by Crippen LogP contribution is 2.26. The van der Waals surface area contributed by atoms with Crippen LogP contribution in [0.3, 0.4) is 0 Å². The van der Waals surface area contributed by atoms with E-state index in [1.807, 2.05) is 4.90 Å². The van der Waals surface area contributed by atoms with Crippen molar-refractivity contribution < 1.29 is 14.6 Å². The highest BCUT2D eigenvalue weighted by molar-refractivity contribution is 5.79. The summed E-state index contributed by atoms with van der Waals surface area (Å²) in [4.78, 5) is 14.4. The molecule has 0 aromatic heterocycles. The minimum atomic E-state index is 0.0312. The SMILES string of the molecule is NC1CCCCC1C(=O)N1CCC(OCCO)CC1. The average Bonchev–Trinajstić information content (AvgIpc) is 2.45. The van der Waals surface area contributed by atoms with E-state index in [1.165, 1.54) is 0 Å². The van der Waals surface area contributed by atoms with Crippen LogP contribution in [0.25, 0.3) is 0 Å². The van der Waals surface area contributed by atoms with Crippen molar-refractivity contribution in [2.45, 2.75) is 50.7 Å². The number of amides is 1. The van der Waals surface area contributed by atoms with E-state index in [1.54, 1.807) is 0 Å². The molecular formula is C14H26N2O3. The van der Waals surface area contributed by atoms with Crippen molar-refractivity contribution in [2.24, 2.45) is 11.7 Å². The molecule has 2 atom stereocenters. The maximum absolute atomic E-state index is 12.4. The molecule has 5 nitrogen and oxygen atoms in total. The molecule has 0 radical (unpaired) electrons. The fourth-order valence-electron chi connectivity index (χ4n) is 3.16. The number of carbonyl (C=O) groups excluding carboxylic acids is 1. The van der Waals surface area contributed by atoms with Gasteiger partial charge in [-0.2, -0.15) is 0 Å². The van der Waals surface area contributed by atoms with E-state index in [0.29, 0.717) is 6.61 Å². The largest absolute Gasteiger partial charge is 0.394 e.